The van der Waals surface area contributed by atoms with Gasteiger partial charge in [-0.05, 0) is 37.5 Å². The lowest BCUT2D eigenvalue weighted by Gasteiger charge is -2.12. The molecule has 5 heteroatoms. The SMILES string of the molecule is CCCCc1ccc(NC(=O)N[C@@H](C)C(=O)OC)cc1. The monoisotopic (exact) mass is 278 g/mol. The van der Waals surface area contributed by atoms with Crippen molar-refractivity contribution in [3.63, 3.8) is 0 Å². The predicted molar refractivity (Wildman–Crippen MR) is 78.7 cm³/mol. The number of hydrogen-bond acceptors (Lipinski definition) is 3. The van der Waals surface area contributed by atoms with Gasteiger partial charge >= 0.3 is 12.0 Å². The van der Waals surface area contributed by atoms with Crippen molar-refractivity contribution >= 4 is 17.7 Å². The zero-order valence-electron chi connectivity index (χ0n) is 12.2. The van der Waals surface area contributed by atoms with Crippen LogP contribution in [0.4, 0.5) is 10.5 Å². The maximum atomic E-state index is 11.7. The number of anilines is 1. The lowest BCUT2D eigenvalue weighted by Crippen LogP contribution is -2.41. The summed E-state index contributed by atoms with van der Waals surface area (Å²) < 4.78 is 4.53. The molecule has 0 heterocycles. The third-order valence-electron chi connectivity index (χ3n) is 2.93. The number of carbonyl (C=O) groups excluding carboxylic acids is 2. The van der Waals surface area contributed by atoms with E-state index in [0.29, 0.717) is 5.69 Å². The Bertz CT molecular complexity index is 443. The van der Waals surface area contributed by atoms with E-state index in [-0.39, 0.29) is 0 Å². The topological polar surface area (TPSA) is 67.4 Å². The highest BCUT2D eigenvalue weighted by Gasteiger charge is 2.15. The molecule has 0 radical (unpaired) electrons. The Morgan fingerprint density at radius 3 is 2.45 bits per heavy atom. The number of carbonyl (C=O) groups is 2. The van der Waals surface area contributed by atoms with Gasteiger partial charge in [0.2, 0.25) is 0 Å². The minimum absolute atomic E-state index is 0.427. The largest absolute Gasteiger partial charge is 0.467 e. The molecule has 5 nitrogen and oxygen atoms in total. The van der Waals surface area contributed by atoms with Gasteiger partial charge in [0.1, 0.15) is 6.04 Å². The Morgan fingerprint density at radius 2 is 1.90 bits per heavy atom. The van der Waals surface area contributed by atoms with Crippen molar-refractivity contribution < 1.29 is 14.3 Å². The third-order valence-corrected chi connectivity index (χ3v) is 2.93. The molecule has 0 saturated carbocycles. The molecule has 0 spiro atoms. The van der Waals surface area contributed by atoms with Crippen molar-refractivity contribution in [2.45, 2.75) is 39.2 Å². The first kappa shape index (κ1) is 16.0. The molecule has 1 atom stereocenters. The smallest absolute Gasteiger partial charge is 0.328 e. The number of rotatable bonds is 6. The highest BCUT2D eigenvalue weighted by molar-refractivity contribution is 5.92. The number of aryl methyl sites for hydroxylation is 1. The fourth-order valence-corrected chi connectivity index (χ4v) is 1.74. The van der Waals surface area contributed by atoms with E-state index >= 15 is 0 Å². The van der Waals surface area contributed by atoms with E-state index in [9.17, 15) is 9.59 Å². The summed E-state index contributed by atoms with van der Waals surface area (Å²) in [7, 11) is 1.29. The first-order valence-corrected chi connectivity index (χ1v) is 6.81. The zero-order chi connectivity index (χ0) is 15.0. The van der Waals surface area contributed by atoms with E-state index in [0.717, 1.165) is 19.3 Å². The van der Waals surface area contributed by atoms with Crippen LogP contribution in [0.1, 0.15) is 32.3 Å². The Morgan fingerprint density at radius 1 is 1.25 bits per heavy atom. The molecule has 0 fully saturated rings. The van der Waals surface area contributed by atoms with Gasteiger partial charge in [0.25, 0.3) is 0 Å². The maximum absolute atomic E-state index is 11.7. The number of hydrogen-bond donors (Lipinski definition) is 2. The molecule has 0 aliphatic rings. The molecule has 2 amide bonds. The second-order valence-corrected chi connectivity index (χ2v) is 4.64. The molecular formula is C15H22N2O3. The van der Waals surface area contributed by atoms with Gasteiger partial charge < -0.3 is 15.4 Å². The van der Waals surface area contributed by atoms with Crippen molar-refractivity contribution in [1.29, 1.82) is 0 Å². The molecular weight excluding hydrogens is 256 g/mol. The molecule has 0 aliphatic carbocycles. The molecule has 0 bridgehead atoms. The summed E-state index contributed by atoms with van der Waals surface area (Å²) in [4.78, 5) is 22.9. The van der Waals surface area contributed by atoms with Crippen molar-refractivity contribution in [2.75, 3.05) is 12.4 Å². The molecule has 0 aromatic heterocycles. The molecule has 0 saturated heterocycles. The van der Waals surface area contributed by atoms with Crippen LogP contribution in [0, 0.1) is 0 Å². The van der Waals surface area contributed by atoms with Gasteiger partial charge in [-0.25, -0.2) is 9.59 Å². The molecule has 0 aliphatic heterocycles. The number of ether oxygens (including phenoxy) is 1. The lowest BCUT2D eigenvalue weighted by atomic mass is 10.1. The van der Waals surface area contributed by atoms with Gasteiger partial charge in [-0.2, -0.15) is 0 Å². The van der Waals surface area contributed by atoms with E-state index in [2.05, 4.69) is 22.3 Å². The second-order valence-electron chi connectivity index (χ2n) is 4.64. The Hall–Kier alpha value is -2.04. The van der Waals surface area contributed by atoms with Crippen molar-refractivity contribution in [3.8, 4) is 0 Å². The number of urea groups is 1. The minimum atomic E-state index is -0.677. The van der Waals surface area contributed by atoms with Crippen LogP contribution in [0.25, 0.3) is 0 Å². The van der Waals surface area contributed by atoms with Crippen molar-refractivity contribution in [1.82, 2.24) is 5.32 Å². The van der Waals surface area contributed by atoms with Crippen molar-refractivity contribution in [2.24, 2.45) is 0 Å². The first-order valence-electron chi connectivity index (χ1n) is 6.81. The van der Waals surface area contributed by atoms with Crippen molar-refractivity contribution in [3.05, 3.63) is 29.8 Å². The first-order chi connectivity index (χ1) is 9.56. The zero-order valence-corrected chi connectivity index (χ0v) is 12.2. The Balaban J connectivity index is 2.47. The van der Waals surface area contributed by atoms with Crippen LogP contribution in [0.15, 0.2) is 24.3 Å². The highest BCUT2D eigenvalue weighted by Crippen LogP contribution is 2.11. The average molecular weight is 278 g/mol. The fourth-order valence-electron chi connectivity index (χ4n) is 1.74. The Kier molecular flexibility index (Phi) is 6.56. The van der Waals surface area contributed by atoms with Crippen LogP contribution in [-0.4, -0.2) is 25.2 Å². The summed E-state index contributed by atoms with van der Waals surface area (Å²) in [6.45, 7) is 3.72. The molecule has 20 heavy (non-hydrogen) atoms. The molecule has 110 valence electrons. The van der Waals surface area contributed by atoms with Gasteiger partial charge in [0.15, 0.2) is 0 Å². The van der Waals surface area contributed by atoms with Crippen LogP contribution in [0.5, 0.6) is 0 Å². The fraction of sp³-hybridized carbons (Fsp3) is 0.467. The summed E-state index contributed by atoms with van der Waals surface area (Å²) in [5.41, 5.74) is 1.94. The van der Waals surface area contributed by atoms with E-state index < -0.39 is 18.0 Å². The number of methoxy groups -OCH3 is 1. The van der Waals surface area contributed by atoms with Gasteiger partial charge in [0, 0.05) is 5.69 Å². The minimum Gasteiger partial charge on any atom is -0.467 e. The van der Waals surface area contributed by atoms with Gasteiger partial charge in [0.05, 0.1) is 7.11 Å². The van der Waals surface area contributed by atoms with E-state index in [4.69, 9.17) is 0 Å². The lowest BCUT2D eigenvalue weighted by molar-refractivity contribution is -0.142. The number of benzene rings is 1. The number of nitrogens with one attached hydrogen (secondary N) is 2. The number of esters is 1. The Labute approximate surface area is 119 Å². The normalized spacial score (nSPS) is 11.6. The van der Waals surface area contributed by atoms with Crippen LogP contribution < -0.4 is 10.6 Å². The van der Waals surface area contributed by atoms with Crippen LogP contribution >= 0.6 is 0 Å². The maximum Gasteiger partial charge on any atom is 0.328 e. The summed E-state index contributed by atoms with van der Waals surface area (Å²) in [5, 5.41) is 5.18. The van der Waals surface area contributed by atoms with E-state index in [1.54, 1.807) is 6.92 Å². The second kappa shape index (κ2) is 8.19. The van der Waals surface area contributed by atoms with Gasteiger partial charge in [-0.15, -0.1) is 0 Å². The average Bonchev–Trinajstić information content (AvgIpc) is 2.45. The van der Waals surface area contributed by atoms with Crippen LogP contribution in [0.2, 0.25) is 0 Å². The number of unbranched alkanes of at least 4 members (excludes halogenated alkanes) is 1. The third kappa shape index (κ3) is 5.30. The molecule has 1 aromatic rings. The highest BCUT2D eigenvalue weighted by atomic mass is 16.5. The summed E-state index contributed by atoms with van der Waals surface area (Å²) >= 11 is 0. The van der Waals surface area contributed by atoms with Gasteiger partial charge in [-0.3, -0.25) is 0 Å². The molecule has 2 N–H and O–H groups in total. The van der Waals surface area contributed by atoms with E-state index in [1.165, 1.54) is 12.7 Å². The van der Waals surface area contributed by atoms with E-state index in [1.807, 2.05) is 24.3 Å². The van der Waals surface area contributed by atoms with Crippen LogP contribution in [-0.2, 0) is 16.0 Å². The number of amides is 2. The van der Waals surface area contributed by atoms with Crippen LogP contribution in [0.3, 0.4) is 0 Å². The summed E-state index contributed by atoms with van der Waals surface area (Å²) in [6, 6.07) is 6.60. The van der Waals surface area contributed by atoms with Gasteiger partial charge in [-0.1, -0.05) is 25.5 Å². The summed E-state index contributed by atoms with van der Waals surface area (Å²) in [5.74, 6) is -0.477. The molecule has 1 aromatic carbocycles. The molecule has 1 rings (SSSR count). The summed E-state index contributed by atoms with van der Waals surface area (Å²) in [6.07, 6.45) is 3.36. The standard InChI is InChI=1S/C15H22N2O3/c1-4-5-6-12-7-9-13(10-8-12)17-15(19)16-11(2)14(18)20-3/h7-11H,4-6H2,1-3H3,(H2,16,17,19)/t11-/m0/s1. The molecule has 0 unspecified atom stereocenters. The quantitative estimate of drug-likeness (QED) is 0.786. The predicted octanol–water partition coefficient (Wildman–Crippen LogP) is 2.71.